The van der Waals surface area contributed by atoms with Crippen molar-refractivity contribution in [1.29, 1.82) is 0 Å². The van der Waals surface area contributed by atoms with Gasteiger partial charge in [-0.25, -0.2) is 9.18 Å². The molecule has 178 valence electrons. The second kappa shape index (κ2) is 9.51. The third-order valence-electron chi connectivity index (χ3n) is 7.03. The van der Waals surface area contributed by atoms with E-state index in [0.29, 0.717) is 43.5 Å². The molecule has 2 saturated carbocycles. The number of carboxylic acid groups (broad SMARTS) is 1. The Morgan fingerprint density at radius 2 is 1.88 bits per heavy atom. The molecule has 2 atom stereocenters. The summed E-state index contributed by atoms with van der Waals surface area (Å²) in [6.45, 7) is 1.81. The molecule has 0 bridgehead atoms. The van der Waals surface area contributed by atoms with Crippen LogP contribution in [-0.4, -0.2) is 55.0 Å². The lowest BCUT2D eigenvalue weighted by molar-refractivity contribution is -0.115. The fourth-order valence-corrected chi connectivity index (χ4v) is 5.19. The predicted octanol–water partition coefficient (Wildman–Crippen LogP) is 4.04. The van der Waals surface area contributed by atoms with Gasteiger partial charge in [-0.15, -0.1) is 0 Å². The maximum atomic E-state index is 13.0. The summed E-state index contributed by atoms with van der Waals surface area (Å²) in [4.78, 5) is 26.0. The number of hydrogen-bond acceptors (Lipinski definition) is 4. The van der Waals surface area contributed by atoms with Gasteiger partial charge in [-0.2, -0.15) is 5.10 Å². The zero-order chi connectivity index (χ0) is 23.6. The average molecular weight is 459 g/mol. The van der Waals surface area contributed by atoms with Gasteiger partial charge in [0.15, 0.2) is 5.82 Å². The van der Waals surface area contributed by atoms with Crippen LogP contribution < -0.4 is 5.32 Å². The highest BCUT2D eigenvalue weighted by Gasteiger charge is 2.40. The molecule has 2 fully saturated rings. The van der Waals surface area contributed by atoms with E-state index >= 15 is 0 Å². The van der Waals surface area contributed by atoms with Crippen LogP contribution >= 0.6 is 0 Å². The minimum atomic E-state index is -0.898. The fraction of sp³-hybridized carbons (Fsp3) is 0.542. The number of anilines is 1. The van der Waals surface area contributed by atoms with E-state index in [4.69, 9.17) is 0 Å². The third-order valence-corrected chi connectivity index (χ3v) is 7.03. The van der Waals surface area contributed by atoms with Gasteiger partial charge in [-0.05, 0) is 69.6 Å². The van der Waals surface area contributed by atoms with Crippen LogP contribution in [0.2, 0.25) is 0 Å². The van der Waals surface area contributed by atoms with E-state index in [2.05, 4.69) is 15.5 Å². The molecule has 0 radical (unpaired) electrons. The molecule has 1 aromatic heterocycles. The highest BCUT2D eigenvalue weighted by atomic mass is 19.1. The number of halogens is 1. The molecule has 8 nitrogen and oxygen atoms in total. The number of carbonyl (C=O) groups excluding carboxylic acids is 1. The molecule has 1 aromatic carbocycles. The maximum absolute atomic E-state index is 13.0. The van der Waals surface area contributed by atoms with Crippen LogP contribution in [0.3, 0.4) is 0 Å². The second-order valence-electron chi connectivity index (χ2n) is 9.64. The first-order valence-corrected chi connectivity index (χ1v) is 11.5. The molecule has 2 aliphatic carbocycles. The number of carbonyl (C=O) groups is 2. The highest BCUT2D eigenvalue weighted by molar-refractivity contribution is 5.91. The van der Waals surface area contributed by atoms with Gasteiger partial charge in [0.25, 0.3) is 0 Å². The van der Waals surface area contributed by atoms with Gasteiger partial charge in [0.2, 0.25) is 5.91 Å². The molecule has 2 aromatic rings. The quantitative estimate of drug-likeness (QED) is 0.521. The van der Waals surface area contributed by atoms with Gasteiger partial charge in [-0.3, -0.25) is 9.89 Å². The molecule has 33 heavy (non-hydrogen) atoms. The van der Waals surface area contributed by atoms with E-state index in [-0.39, 0.29) is 36.1 Å². The zero-order valence-electron chi connectivity index (χ0n) is 18.8. The van der Waals surface area contributed by atoms with Crippen LogP contribution in [0.25, 0.3) is 0 Å². The molecule has 4 rings (SSSR count). The normalized spacial score (nSPS) is 27.3. The molecule has 2 aliphatic rings. The molecule has 9 heteroatoms. The molecule has 0 spiro atoms. The van der Waals surface area contributed by atoms with Gasteiger partial charge in [0, 0.05) is 29.8 Å². The van der Waals surface area contributed by atoms with E-state index in [0.717, 1.165) is 18.5 Å². The Morgan fingerprint density at radius 3 is 2.55 bits per heavy atom. The van der Waals surface area contributed by atoms with Crippen molar-refractivity contribution in [2.45, 2.75) is 81.9 Å². The number of hydrogen-bond donors (Lipinski definition) is 4. The van der Waals surface area contributed by atoms with Crippen LogP contribution in [0.15, 0.2) is 30.3 Å². The van der Waals surface area contributed by atoms with Crippen molar-refractivity contribution in [2.75, 3.05) is 5.32 Å². The predicted molar refractivity (Wildman–Crippen MR) is 120 cm³/mol. The summed E-state index contributed by atoms with van der Waals surface area (Å²) in [6, 6.07) is 7.47. The van der Waals surface area contributed by atoms with E-state index in [1.165, 1.54) is 12.1 Å². The van der Waals surface area contributed by atoms with Crippen molar-refractivity contribution in [3.8, 4) is 0 Å². The minimum absolute atomic E-state index is 0.0606. The lowest BCUT2D eigenvalue weighted by Crippen LogP contribution is -2.49. The van der Waals surface area contributed by atoms with Crippen LogP contribution in [0.1, 0.15) is 69.0 Å². The van der Waals surface area contributed by atoms with Crippen LogP contribution in [0.5, 0.6) is 0 Å². The number of rotatable bonds is 6. The fourth-order valence-electron chi connectivity index (χ4n) is 5.19. The van der Waals surface area contributed by atoms with Crippen LogP contribution in [0, 0.1) is 5.82 Å². The van der Waals surface area contributed by atoms with E-state index < -0.39 is 11.7 Å². The Hall–Kier alpha value is -2.94. The first kappa shape index (κ1) is 23.2. The molecule has 0 unspecified atom stereocenters. The number of benzene rings is 1. The molecule has 4 N–H and O–H groups in total. The lowest BCUT2D eigenvalue weighted by atomic mass is 9.82. The monoisotopic (exact) mass is 458 g/mol. The second-order valence-corrected chi connectivity index (χ2v) is 9.64. The summed E-state index contributed by atoms with van der Waals surface area (Å²) in [5.74, 6) is -0.0269. The number of aliphatic hydroxyl groups is 1. The SMILES string of the molecule is CC1(O)CCC(N(C(=O)O)[C@H]2CC[C@@H](c3cc(NC(=O)Cc4ccc(F)cc4)n[nH]3)C2)CC1. The first-order chi connectivity index (χ1) is 15.7. The van der Waals surface area contributed by atoms with Crippen molar-refractivity contribution in [1.82, 2.24) is 15.1 Å². The van der Waals surface area contributed by atoms with Crippen molar-refractivity contribution in [3.05, 3.63) is 47.4 Å². The van der Waals surface area contributed by atoms with Crippen molar-refractivity contribution in [3.63, 3.8) is 0 Å². The first-order valence-electron chi connectivity index (χ1n) is 11.5. The maximum Gasteiger partial charge on any atom is 0.407 e. The zero-order valence-corrected chi connectivity index (χ0v) is 18.8. The minimum Gasteiger partial charge on any atom is -0.465 e. The van der Waals surface area contributed by atoms with Crippen LogP contribution in [0.4, 0.5) is 15.0 Å². The molecule has 2 amide bonds. The largest absolute Gasteiger partial charge is 0.465 e. The Balaban J connectivity index is 1.34. The number of H-pyrrole nitrogens is 1. The smallest absolute Gasteiger partial charge is 0.407 e. The molecular formula is C24H31FN4O4. The highest BCUT2D eigenvalue weighted by Crippen LogP contribution is 2.40. The molecule has 1 heterocycles. The topological polar surface area (TPSA) is 119 Å². The summed E-state index contributed by atoms with van der Waals surface area (Å²) in [7, 11) is 0. The van der Waals surface area contributed by atoms with E-state index in [9.17, 15) is 24.2 Å². The standard InChI is InChI=1S/C24H31FN4O4/c1-24(33)10-8-18(9-11-24)29(23(31)32)19-7-4-16(13-19)20-14-21(28-27-20)26-22(30)12-15-2-5-17(25)6-3-15/h2-3,5-6,14,16,18-19,33H,4,7-13H2,1H3,(H,31,32)(H2,26,27,28,30)/t16-,18?,19+,24?/m1/s1. The van der Waals surface area contributed by atoms with Gasteiger partial charge in [0.1, 0.15) is 5.82 Å². The number of amides is 2. The number of nitrogens with zero attached hydrogens (tertiary/aromatic N) is 2. The molecule has 0 saturated heterocycles. The summed E-state index contributed by atoms with van der Waals surface area (Å²) in [6.07, 6.45) is 4.10. The Kier molecular flexibility index (Phi) is 6.69. The molecule has 0 aliphatic heterocycles. The van der Waals surface area contributed by atoms with Gasteiger partial charge in [0.05, 0.1) is 12.0 Å². The summed E-state index contributed by atoms with van der Waals surface area (Å²) in [5, 5.41) is 30.0. The Labute approximate surface area is 192 Å². The van der Waals surface area contributed by atoms with Crippen molar-refractivity contribution < 1.29 is 24.2 Å². The van der Waals surface area contributed by atoms with Gasteiger partial charge >= 0.3 is 6.09 Å². The van der Waals surface area contributed by atoms with E-state index in [1.54, 1.807) is 23.1 Å². The average Bonchev–Trinajstić information content (AvgIpc) is 3.41. The third kappa shape index (κ3) is 5.71. The van der Waals surface area contributed by atoms with Gasteiger partial charge in [-0.1, -0.05) is 12.1 Å². The number of nitrogens with one attached hydrogen (secondary N) is 2. The number of aromatic amines is 1. The molecular weight excluding hydrogens is 427 g/mol. The summed E-state index contributed by atoms with van der Waals surface area (Å²) in [5.41, 5.74) is 0.888. The lowest BCUT2D eigenvalue weighted by Gasteiger charge is -2.40. The number of aromatic nitrogens is 2. The van der Waals surface area contributed by atoms with Crippen LogP contribution in [-0.2, 0) is 11.2 Å². The van der Waals surface area contributed by atoms with E-state index in [1.807, 2.05) is 6.92 Å². The van der Waals surface area contributed by atoms with Gasteiger partial charge < -0.3 is 20.4 Å². The van der Waals surface area contributed by atoms with Crippen molar-refractivity contribution in [2.24, 2.45) is 0 Å². The van der Waals surface area contributed by atoms with Crippen molar-refractivity contribution >= 4 is 17.8 Å². The Morgan fingerprint density at radius 1 is 1.18 bits per heavy atom. The Bertz CT molecular complexity index is 981. The summed E-state index contributed by atoms with van der Waals surface area (Å²) < 4.78 is 13.0. The summed E-state index contributed by atoms with van der Waals surface area (Å²) >= 11 is 0.